The van der Waals surface area contributed by atoms with E-state index in [1.54, 1.807) is 54.2 Å². The summed E-state index contributed by atoms with van der Waals surface area (Å²) < 4.78 is 5.09. The second kappa shape index (κ2) is 10.4. The zero-order valence-corrected chi connectivity index (χ0v) is 18.0. The van der Waals surface area contributed by atoms with Gasteiger partial charge in [0.25, 0.3) is 11.8 Å². The molecule has 31 heavy (non-hydrogen) atoms. The number of nitrogens with one attached hydrogen (secondary N) is 2. The van der Waals surface area contributed by atoms with Crippen LogP contribution < -0.4 is 10.6 Å². The molecule has 0 radical (unpaired) electrons. The van der Waals surface area contributed by atoms with E-state index in [1.807, 2.05) is 43.5 Å². The van der Waals surface area contributed by atoms with E-state index in [2.05, 4.69) is 10.6 Å². The molecule has 0 saturated carbocycles. The van der Waals surface area contributed by atoms with E-state index >= 15 is 0 Å². The molecule has 0 atom stereocenters. The van der Waals surface area contributed by atoms with Crippen molar-refractivity contribution < 1.29 is 19.1 Å². The minimum absolute atomic E-state index is 0.302. The van der Waals surface area contributed by atoms with Gasteiger partial charge in [-0.3, -0.25) is 9.59 Å². The summed E-state index contributed by atoms with van der Waals surface area (Å²) in [6.07, 6.45) is 1.94. The number of anilines is 2. The second-order valence-electron chi connectivity index (χ2n) is 6.72. The average Bonchev–Trinajstić information content (AvgIpc) is 2.78. The predicted octanol–water partition coefficient (Wildman–Crippen LogP) is 4.76. The van der Waals surface area contributed by atoms with Gasteiger partial charge in [-0.15, -0.1) is 11.8 Å². The molecule has 0 aromatic heterocycles. The predicted molar refractivity (Wildman–Crippen MR) is 123 cm³/mol. The van der Waals surface area contributed by atoms with E-state index in [0.717, 1.165) is 10.5 Å². The maximum absolute atomic E-state index is 12.7. The molecule has 3 aromatic carbocycles. The summed E-state index contributed by atoms with van der Waals surface area (Å²) in [5, 5.41) is 5.45. The lowest BCUT2D eigenvalue weighted by Crippen LogP contribution is -2.23. The van der Waals surface area contributed by atoms with Gasteiger partial charge < -0.3 is 15.4 Å². The molecule has 2 N–H and O–H groups in total. The van der Waals surface area contributed by atoms with Crippen molar-refractivity contribution in [2.24, 2.45) is 0 Å². The molecular weight excluding hydrogens is 412 g/mol. The molecule has 7 heteroatoms. The van der Waals surface area contributed by atoms with Gasteiger partial charge in [0.15, 0.2) is 6.61 Å². The fourth-order valence-corrected chi connectivity index (χ4v) is 3.25. The van der Waals surface area contributed by atoms with Crippen LogP contribution in [-0.4, -0.2) is 30.6 Å². The van der Waals surface area contributed by atoms with Gasteiger partial charge in [-0.2, -0.15) is 0 Å². The molecule has 0 spiro atoms. The number of para-hydroxylation sites is 1. The Kier molecular flexibility index (Phi) is 7.45. The number of benzene rings is 3. The Bertz CT molecular complexity index is 1100. The Morgan fingerprint density at radius 1 is 0.903 bits per heavy atom. The number of esters is 1. The number of hydrogen-bond acceptors (Lipinski definition) is 5. The van der Waals surface area contributed by atoms with Crippen LogP contribution >= 0.6 is 11.8 Å². The Morgan fingerprint density at radius 3 is 2.35 bits per heavy atom. The lowest BCUT2D eigenvalue weighted by atomic mass is 10.1. The van der Waals surface area contributed by atoms with Crippen LogP contribution in [0.15, 0.2) is 77.7 Å². The first-order valence-electron chi connectivity index (χ1n) is 9.54. The molecule has 0 aliphatic rings. The fraction of sp³-hybridized carbons (Fsp3) is 0.125. The maximum atomic E-state index is 12.7. The largest absolute Gasteiger partial charge is 0.452 e. The van der Waals surface area contributed by atoms with Crippen LogP contribution in [0.5, 0.6) is 0 Å². The van der Waals surface area contributed by atoms with Crippen molar-refractivity contribution in [2.75, 3.05) is 23.5 Å². The van der Waals surface area contributed by atoms with Gasteiger partial charge >= 0.3 is 5.97 Å². The third-order valence-corrected chi connectivity index (χ3v) is 5.13. The Labute approximate surface area is 185 Å². The molecule has 0 saturated heterocycles. The zero-order chi connectivity index (χ0) is 22.2. The fourth-order valence-electron chi connectivity index (χ4n) is 2.84. The molecule has 0 bridgehead atoms. The highest BCUT2D eigenvalue weighted by Crippen LogP contribution is 2.19. The van der Waals surface area contributed by atoms with Crippen molar-refractivity contribution in [3.8, 4) is 0 Å². The van der Waals surface area contributed by atoms with Crippen molar-refractivity contribution in [2.45, 2.75) is 11.8 Å². The SMILES string of the molecule is CSc1ccc(C(=O)OCC(=O)Nc2ccccc2C(=O)Nc2cccc(C)c2)cc1. The van der Waals surface area contributed by atoms with Gasteiger partial charge in [-0.1, -0.05) is 24.3 Å². The highest BCUT2D eigenvalue weighted by Gasteiger charge is 2.15. The standard InChI is InChI=1S/C24H22N2O4S/c1-16-6-5-7-18(14-16)25-23(28)20-8-3-4-9-21(20)26-22(27)15-30-24(29)17-10-12-19(31-2)13-11-17/h3-14H,15H2,1-2H3,(H,25,28)(H,26,27). The summed E-state index contributed by atoms with van der Waals surface area (Å²) in [6.45, 7) is 1.47. The topological polar surface area (TPSA) is 84.5 Å². The Balaban J connectivity index is 1.61. The van der Waals surface area contributed by atoms with E-state index in [4.69, 9.17) is 4.74 Å². The summed E-state index contributed by atoms with van der Waals surface area (Å²) in [4.78, 5) is 38.1. The molecule has 6 nitrogen and oxygen atoms in total. The summed E-state index contributed by atoms with van der Waals surface area (Å²) in [5.41, 5.74) is 2.68. The number of thioether (sulfide) groups is 1. The van der Waals surface area contributed by atoms with Crippen LogP contribution in [0.25, 0.3) is 0 Å². The van der Waals surface area contributed by atoms with Gasteiger partial charge in [-0.05, 0) is 67.3 Å². The summed E-state index contributed by atoms with van der Waals surface area (Å²) in [5.74, 6) is -1.48. The number of rotatable bonds is 7. The van der Waals surface area contributed by atoms with Crippen LogP contribution in [0, 0.1) is 6.92 Å². The van der Waals surface area contributed by atoms with Gasteiger partial charge in [0.05, 0.1) is 16.8 Å². The number of amides is 2. The van der Waals surface area contributed by atoms with Gasteiger partial charge in [0.2, 0.25) is 0 Å². The molecule has 3 aromatic rings. The Morgan fingerprint density at radius 2 is 1.65 bits per heavy atom. The molecule has 2 amide bonds. The van der Waals surface area contributed by atoms with Crippen LogP contribution in [-0.2, 0) is 9.53 Å². The lowest BCUT2D eigenvalue weighted by molar-refractivity contribution is -0.119. The highest BCUT2D eigenvalue weighted by atomic mass is 32.2. The van der Waals surface area contributed by atoms with E-state index in [9.17, 15) is 14.4 Å². The number of ether oxygens (including phenoxy) is 1. The smallest absolute Gasteiger partial charge is 0.338 e. The van der Waals surface area contributed by atoms with Gasteiger partial charge in [0, 0.05) is 10.6 Å². The van der Waals surface area contributed by atoms with Crippen LogP contribution in [0.2, 0.25) is 0 Å². The van der Waals surface area contributed by atoms with Crippen LogP contribution in [0.1, 0.15) is 26.3 Å². The Hall–Kier alpha value is -3.58. The maximum Gasteiger partial charge on any atom is 0.338 e. The van der Waals surface area contributed by atoms with Crippen LogP contribution in [0.4, 0.5) is 11.4 Å². The van der Waals surface area contributed by atoms with Crippen molar-refractivity contribution >= 4 is 40.9 Å². The van der Waals surface area contributed by atoms with Crippen LogP contribution in [0.3, 0.4) is 0 Å². The molecule has 0 unspecified atom stereocenters. The molecule has 0 heterocycles. The third kappa shape index (κ3) is 6.20. The first kappa shape index (κ1) is 22.1. The van der Waals surface area contributed by atoms with Gasteiger partial charge in [0.1, 0.15) is 0 Å². The average molecular weight is 435 g/mol. The van der Waals surface area contributed by atoms with E-state index in [-0.39, 0.29) is 5.91 Å². The van der Waals surface area contributed by atoms with Crippen molar-refractivity contribution in [1.82, 2.24) is 0 Å². The molecule has 0 fully saturated rings. The first-order chi connectivity index (χ1) is 15.0. The molecule has 0 aliphatic heterocycles. The molecular formula is C24H22N2O4S. The monoisotopic (exact) mass is 434 g/mol. The van der Waals surface area contributed by atoms with Gasteiger partial charge in [-0.25, -0.2) is 4.79 Å². The molecule has 3 rings (SSSR count). The minimum Gasteiger partial charge on any atom is -0.452 e. The summed E-state index contributed by atoms with van der Waals surface area (Å²) in [7, 11) is 0. The normalized spacial score (nSPS) is 10.3. The quantitative estimate of drug-likeness (QED) is 0.414. The summed E-state index contributed by atoms with van der Waals surface area (Å²) in [6, 6.07) is 21.0. The number of carbonyl (C=O) groups is 3. The van der Waals surface area contributed by atoms with E-state index in [1.165, 1.54) is 0 Å². The molecule has 0 aliphatic carbocycles. The minimum atomic E-state index is -0.590. The first-order valence-corrected chi connectivity index (χ1v) is 10.8. The lowest BCUT2D eigenvalue weighted by Gasteiger charge is -2.12. The molecule has 158 valence electrons. The van der Waals surface area contributed by atoms with Crippen molar-refractivity contribution in [3.05, 3.63) is 89.5 Å². The highest BCUT2D eigenvalue weighted by molar-refractivity contribution is 7.98. The number of carbonyl (C=O) groups excluding carboxylic acids is 3. The zero-order valence-electron chi connectivity index (χ0n) is 17.2. The third-order valence-electron chi connectivity index (χ3n) is 4.38. The van der Waals surface area contributed by atoms with E-state index in [0.29, 0.717) is 22.5 Å². The second-order valence-corrected chi connectivity index (χ2v) is 7.60. The number of hydrogen-bond donors (Lipinski definition) is 2. The van der Waals surface area contributed by atoms with E-state index < -0.39 is 18.5 Å². The summed E-state index contributed by atoms with van der Waals surface area (Å²) >= 11 is 1.56. The van der Waals surface area contributed by atoms with Crippen molar-refractivity contribution in [1.29, 1.82) is 0 Å². The number of aryl methyl sites for hydroxylation is 1. The van der Waals surface area contributed by atoms with Crippen molar-refractivity contribution in [3.63, 3.8) is 0 Å².